The SMILES string of the molecule is [O]CCCC=Cc1ccc(Cl)cc1Cl. The average Bonchev–Trinajstić information content (AvgIpc) is 2.15. The summed E-state index contributed by atoms with van der Waals surface area (Å²) in [5, 5.41) is 11.4. The lowest BCUT2D eigenvalue weighted by Gasteiger charge is -1.98. The van der Waals surface area contributed by atoms with Crippen molar-refractivity contribution in [2.75, 3.05) is 6.61 Å². The second-order valence-corrected chi connectivity index (χ2v) is 3.76. The monoisotopic (exact) mass is 229 g/mol. The van der Waals surface area contributed by atoms with Crippen LogP contribution in [-0.2, 0) is 5.11 Å². The van der Waals surface area contributed by atoms with Crippen LogP contribution in [0, 0.1) is 0 Å². The first-order valence-electron chi connectivity index (χ1n) is 4.43. The molecule has 0 aliphatic rings. The molecule has 1 aromatic rings. The molecule has 0 amide bonds. The molecule has 0 N–H and O–H groups in total. The second-order valence-electron chi connectivity index (χ2n) is 2.91. The van der Waals surface area contributed by atoms with Crippen LogP contribution in [0.5, 0.6) is 0 Å². The molecule has 1 rings (SSSR count). The van der Waals surface area contributed by atoms with Crippen LogP contribution in [-0.4, -0.2) is 6.61 Å². The van der Waals surface area contributed by atoms with Gasteiger partial charge in [0.1, 0.15) is 0 Å². The predicted octanol–water partition coefficient (Wildman–Crippen LogP) is 4.22. The molecule has 0 fully saturated rings. The van der Waals surface area contributed by atoms with Gasteiger partial charge < -0.3 is 0 Å². The van der Waals surface area contributed by atoms with E-state index in [1.807, 2.05) is 18.2 Å². The number of halogens is 2. The minimum Gasteiger partial charge on any atom is -0.237 e. The molecular formula is C11H11Cl2O. The van der Waals surface area contributed by atoms with E-state index in [9.17, 15) is 5.11 Å². The van der Waals surface area contributed by atoms with Gasteiger partial charge in [0.2, 0.25) is 0 Å². The van der Waals surface area contributed by atoms with Gasteiger partial charge in [0.25, 0.3) is 0 Å². The Labute approximate surface area is 94.0 Å². The summed E-state index contributed by atoms with van der Waals surface area (Å²) in [6, 6.07) is 5.36. The molecule has 75 valence electrons. The van der Waals surface area contributed by atoms with Gasteiger partial charge in [0.15, 0.2) is 0 Å². The first-order chi connectivity index (χ1) is 6.74. The van der Waals surface area contributed by atoms with Crippen LogP contribution in [0.25, 0.3) is 6.08 Å². The molecule has 3 heteroatoms. The van der Waals surface area contributed by atoms with Gasteiger partial charge in [-0.15, -0.1) is 0 Å². The molecule has 0 spiro atoms. The van der Waals surface area contributed by atoms with E-state index in [0.29, 0.717) is 16.5 Å². The Morgan fingerprint density at radius 1 is 1.29 bits per heavy atom. The molecule has 1 aromatic carbocycles. The van der Waals surface area contributed by atoms with Crippen LogP contribution in [0.3, 0.4) is 0 Å². The zero-order valence-corrected chi connectivity index (χ0v) is 9.18. The Bertz CT molecular complexity index is 321. The van der Waals surface area contributed by atoms with Crippen LogP contribution >= 0.6 is 23.2 Å². The summed E-state index contributed by atoms with van der Waals surface area (Å²) in [6.45, 7) is -0.0291. The third kappa shape index (κ3) is 3.70. The van der Waals surface area contributed by atoms with E-state index in [-0.39, 0.29) is 6.61 Å². The van der Waals surface area contributed by atoms with Crippen molar-refractivity contribution in [1.29, 1.82) is 0 Å². The van der Waals surface area contributed by atoms with Crippen molar-refractivity contribution in [3.05, 3.63) is 39.9 Å². The molecule has 0 aliphatic heterocycles. The van der Waals surface area contributed by atoms with Crippen LogP contribution in [0.2, 0.25) is 10.0 Å². The zero-order chi connectivity index (χ0) is 10.4. The minimum absolute atomic E-state index is 0.0291. The Hall–Kier alpha value is -0.500. The van der Waals surface area contributed by atoms with E-state index in [2.05, 4.69) is 0 Å². The van der Waals surface area contributed by atoms with E-state index < -0.39 is 0 Å². The zero-order valence-electron chi connectivity index (χ0n) is 7.67. The Balaban J connectivity index is 2.62. The molecule has 1 radical (unpaired) electrons. The highest BCUT2D eigenvalue weighted by Gasteiger charge is 1.96. The third-order valence-corrected chi connectivity index (χ3v) is 2.34. The first kappa shape index (κ1) is 11.6. The minimum atomic E-state index is -0.0291. The molecular weight excluding hydrogens is 219 g/mol. The third-order valence-electron chi connectivity index (χ3n) is 1.78. The normalized spacial score (nSPS) is 11.1. The van der Waals surface area contributed by atoms with Crippen LogP contribution < -0.4 is 0 Å². The fourth-order valence-electron chi connectivity index (χ4n) is 1.05. The molecule has 0 atom stereocenters. The summed E-state index contributed by atoms with van der Waals surface area (Å²) in [7, 11) is 0. The van der Waals surface area contributed by atoms with Gasteiger partial charge in [-0.3, -0.25) is 0 Å². The smallest absolute Gasteiger partial charge is 0.0825 e. The topological polar surface area (TPSA) is 19.9 Å². The van der Waals surface area contributed by atoms with Crippen molar-refractivity contribution < 1.29 is 5.11 Å². The lowest BCUT2D eigenvalue weighted by atomic mass is 10.2. The summed E-state index contributed by atoms with van der Waals surface area (Å²) < 4.78 is 0. The molecule has 0 aromatic heterocycles. The standard InChI is InChI=1S/C11H11Cl2O/c12-10-6-5-9(11(13)8-10)4-2-1-3-7-14/h2,4-6,8H,1,3,7H2. The number of allylic oxidation sites excluding steroid dienone is 1. The quantitative estimate of drug-likeness (QED) is 0.690. The van der Waals surface area contributed by atoms with Gasteiger partial charge in [-0.1, -0.05) is 41.4 Å². The highest BCUT2D eigenvalue weighted by molar-refractivity contribution is 6.35. The molecule has 1 nitrogen and oxygen atoms in total. The Morgan fingerprint density at radius 2 is 2.07 bits per heavy atom. The van der Waals surface area contributed by atoms with Gasteiger partial charge in [-0.25, -0.2) is 5.11 Å². The van der Waals surface area contributed by atoms with Crippen molar-refractivity contribution >= 4 is 29.3 Å². The summed E-state index contributed by atoms with van der Waals surface area (Å²) in [5.41, 5.74) is 0.932. The molecule has 0 aliphatic carbocycles. The highest BCUT2D eigenvalue weighted by atomic mass is 35.5. The molecule has 14 heavy (non-hydrogen) atoms. The second kappa shape index (κ2) is 6.07. The van der Waals surface area contributed by atoms with Crippen molar-refractivity contribution in [2.24, 2.45) is 0 Å². The lowest BCUT2D eigenvalue weighted by molar-refractivity contribution is 0.190. The Kier molecular flexibility index (Phi) is 5.02. The average molecular weight is 230 g/mol. The first-order valence-corrected chi connectivity index (χ1v) is 5.19. The van der Waals surface area contributed by atoms with E-state index in [1.165, 1.54) is 0 Å². The van der Waals surface area contributed by atoms with E-state index in [4.69, 9.17) is 23.2 Å². The molecule has 0 bridgehead atoms. The van der Waals surface area contributed by atoms with Gasteiger partial charge in [0, 0.05) is 10.0 Å². The predicted molar refractivity (Wildman–Crippen MR) is 60.3 cm³/mol. The number of benzene rings is 1. The Morgan fingerprint density at radius 3 is 2.71 bits per heavy atom. The van der Waals surface area contributed by atoms with Crippen LogP contribution in [0.15, 0.2) is 24.3 Å². The summed E-state index contributed by atoms with van der Waals surface area (Å²) in [4.78, 5) is 0. The lowest BCUT2D eigenvalue weighted by Crippen LogP contribution is -1.78. The maximum Gasteiger partial charge on any atom is 0.0825 e. The number of hydrogen-bond acceptors (Lipinski definition) is 0. The molecule has 0 heterocycles. The maximum atomic E-state index is 10.2. The molecule has 0 saturated heterocycles. The van der Waals surface area contributed by atoms with Crippen molar-refractivity contribution in [3.63, 3.8) is 0 Å². The maximum absolute atomic E-state index is 10.2. The van der Waals surface area contributed by atoms with Gasteiger partial charge in [-0.05, 0) is 30.5 Å². The number of unbranched alkanes of at least 4 members (excludes halogenated alkanes) is 1. The largest absolute Gasteiger partial charge is 0.237 e. The highest BCUT2D eigenvalue weighted by Crippen LogP contribution is 2.22. The van der Waals surface area contributed by atoms with Gasteiger partial charge >= 0.3 is 0 Å². The van der Waals surface area contributed by atoms with Gasteiger partial charge in [-0.2, -0.15) is 0 Å². The van der Waals surface area contributed by atoms with Gasteiger partial charge in [0.05, 0.1) is 6.61 Å². The van der Waals surface area contributed by atoms with Crippen LogP contribution in [0.4, 0.5) is 0 Å². The van der Waals surface area contributed by atoms with Crippen molar-refractivity contribution in [2.45, 2.75) is 12.8 Å². The van der Waals surface area contributed by atoms with Crippen molar-refractivity contribution in [1.82, 2.24) is 0 Å². The van der Waals surface area contributed by atoms with Crippen LogP contribution in [0.1, 0.15) is 18.4 Å². The van der Waals surface area contributed by atoms with Crippen molar-refractivity contribution in [3.8, 4) is 0 Å². The molecule has 0 unspecified atom stereocenters. The number of hydrogen-bond donors (Lipinski definition) is 0. The van der Waals surface area contributed by atoms with E-state index in [0.717, 1.165) is 12.0 Å². The molecule has 0 saturated carbocycles. The fraction of sp³-hybridized carbons (Fsp3) is 0.273. The number of rotatable bonds is 4. The van der Waals surface area contributed by atoms with E-state index >= 15 is 0 Å². The summed E-state index contributed by atoms with van der Waals surface area (Å²) >= 11 is 11.7. The summed E-state index contributed by atoms with van der Waals surface area (Å²) in [5.74, 6) is 0. The summed E-state index contributed by atoms with van der Waals surface area (Å²) in [6.07, 6.45) is 5.32. The fourth-order valence-corrected chi connectivity index (χ4v) is 1.52. The van der Waals surface area contributed by atoms with E-state index in [1.54, 1.807) is 12.1 Å².